The van der Waals surface area contributed by atoms with Gasteiger partial charge in [0.15, 0.2) is 0 Å². The van der Waals surface area contributed by atoms with Crippen molar-refractivity contribution >= 4 is 32.4 Å². The van der Waals surface area contributed by atoms with E-state index >= 15 is 4.39 Å². The first-order valence-electron chi connectivity index (χ1n) is 14.6. The van der Waals surface area contributed by atoms with Gasteiger partial charge in [-0.25, -0.2) is 27.8 Å². The number of ether oxygens (including phenoxy) is 1. The zero-order chi connectivity index (χ0) is 29.1. The van der Waals surface area contributed by atoms with Crippen molar-refractivity contribution in [3.8, 4) is 22.9 Å². The second kappa shape index (κ2) is 12.2. The van der Waals surface area contributed by atoms with Crippen LogP contribution in [0.25, 0.3) is 22.0 Å². The van der Waals surface area contributed by atoms with E-state index in [0.717, 1.165) is 50.8 Å². The maximum Gasteiger partial charge on any atom is 0.235 e. The van der Waals surface area contributed by atoms with Crippen LogP contribution in [0.15, 0.2) is 54.9 Å². The zero-order valence-corrected chi connectivity index (χ0v) is 24.4. The Balaban J connectivity index is 1.33. The highest BCUT2D eigenvalue weighted by Gasteiger charge is 2.29. The van der Waals surface area contributed by atoms with Gasteiger partial charge in [0.1, 0.15) is 11.6 Å². The number of hydrogen-bond donors (Lipinski definition) is 3. The molecule has 0 bridgehead atoms. The van der Waals surface area contributed by atoms with Crippen molar-refractivity contribution in [1.82, 2.24) is 20.3 Å². The van der Waals surface area contributed by atoms with E-state index in [1.165, 1.54) is 6.07 Å². The standard InChI is InChI=1S/C31H35FN6O3S/c1-20-11-12-23-24(13-14-26(32)28(23)38-42(39,40)22-8-3-2-4-9-22)29(20)41-30-25(10-6-17-34-30)27-15-18-35-31(37-27)36-21-7-5-16-33-19-21/h6,10-15,17-18,21-22,33,38H,2-5,7-9,16,19H2,1H3,(H,35,36,37)/t21-/m0/s1. The highest BCUT2D eigenvalue weighted by molar-refractivity contribution is 7.93. The first-order valence-corrected chi connectivity index (χ1v) is 16.1. The van der Waals surface area contributed by atoms with Gasteiger partial charge in [-0.2, -0.15) is 0 Å². The minimum Gasteiger partial charge on any atom is -0.437 e. The molecule has 11 heteroatoms. The van der Waals surface area contributed by atoms with E-state index in [1.807, 2.05) is 19.1 Å². The Hall–Kier alpha value is -3.83. The number of fused-ring (bicyclic) bond motifs is 1. The van der Waals surface area contributed by atoms with Gasteiger partial charge in [0.25, 0.3) is 0 Å². The number of nitrogens with one attached hydrogen (secondary N) is 3. The molecule has 2 aromatic carbocycles. The average Bonchev–Trinajstić information content (AvgIpc) is 3.01. The maximum atomic E-state index is 15.2. The van der Waals surface area contributed by atoms with E-state index in [0.29, 0.717) is 52.4 Å². The third-order valence-corrected chi connectivity index (χ3v) is 9.90. The molecular formula is C31H35FN6O3S. The Kier molecular flexibility index (Phi) is 8.21. The zero-order valence-electron chi connectivity index (χ0n) is 23.6. The molecule has 2 aromatic heterocycles. The quantitative estimate of drug-likeness (QED) is 0.223. The minimum atomic E-state index is -3.76. The first-order chi connectivity index (χ1) is 20.4. The van der Waals surface area contributed by atoms with Crippen molar-refractivity contribution in [2.45, 2.75) is 63.2 Å². The van der Waals surface area contributed by atoms with Gasteiger partial charge in [-0.1, -0.05) is 31.4 Å². The third-order valence-electron chi connectivity index (χ3n) is 8.06. The van der Waals surface area contributed by atoms with Crippen molar-refractivity contribution < 1.29 is 17.5 Å². The molecule has 220 valence electrons. The Bertz CT molecular complexity index is 1690. The lowest BCUT2D eigenvalue weighted by molar-refractivity contribution is 0.466. The number of hydrogen-bond acceptors (Lipinski definition) is 8. The summed E-state index contributed by atoms with van der Waals surface area (Å²) in [5.74, 6) is 0.684. The van der Waals surface area contributed by atoms with Crippen molar-refractivity contribution in [2.24, 2.45) is 0 Å². The lowest BCUT2D eigenvalue weighted by Gasteiger charge is -2.24. The molecule has 4 aromatic rings. The van der Waals surface area contributed by atoms with Crippen molar-refractivity contribution in [3.63, 3.8) is 0 Å². The van der Waals surface area contributed by atoms with Gasteiger partial charge in [0.05, 0.1) is 22.2 Å². The topological polar surface area (TPSA) is 118 Å². The Morgan fingerprint density at radius 3 is 2.60 bits per heavy atom. The summed E-state index contributed by atoms with van der Waals surface area (Å²) in [5.41, 5.74) is 2.04. The van der Waals surface area contributed by atoms with Crippen LogP contribution < -0.4 is 20.1 Å². The van der Waals surface area contributed by atoms with E-state index in [9.17, 15) is 8.42 Å². The molecule has 3 N–H and O–H groups in total. The van der Waals surface area contributed by atoms with E-state index in [2.05, 4.69) is 25.3 Å². The largest absolute Gasteiger partial charge is 0.437 e. The van der Waals surface area contributed by atoms with Gasteiger partial charge in [-0.15, -0.1) is 0 Å². The van der Waals surface area contributed by atoms with E-state index in [1.54, 1.807) is 36.7 Å². The summed E-state index contributed by atoms with van der Waals surface area (Å²) in [4.78, 5) is 13.6. The summed E-state index contributed by atoms with van der Waals surface area (Å²) in [6.07, 6.45) is 9.37. The van der Waals surface area contributed by atoms with Gasteiger partial charge in [0, 0.05) is 35.8 Å². The SMILES string of the molecule is Cc1ccc2c(NS(=O)(=O)C3CCCCC3)c(F)ccc2c1Oc1ncccc1-c1ccnc(N[C@H]2CCCNC2)n1. The fourth-order valence-corrected chi connectivity index (χ4v) is 7.41. The number of pyridine rings is 1. The maximum absolute atomic E-state index is 15.2. The lowest BCUT2D eigenvalue weighted by atomic mass is 10.0. The van der Waals surface area contributed by atoms with Crippen LogP contribution in [-0.2, 0) is 10.0 Å². The van der Waals surface area contributed by atoms with E-state index in [-0.39, 0.29) is 11.7 Å². The number of piperidine rings is 1. The Labute approximate surface area is 245 Å². The van der Waals surface area contributed by atoms with Crippen LogP contribution in [-0.4, -0.2) is 47.8 Å². The predicted molar refractivity (Wildman–Crippen MR) is 163 cm³/mol. The molecule has 3 heterocycles. The minimum absolute atomic E-state index is 0.0621. The number of rotatable bonds is 8. The van der Waals surface area contributed by atoms with E-state index < -0.39 is 21.1 Å². The molecule has 1 saturated carbocycles. The lowest BCUT2D eigenvalue weighted by Crippen LogP contribution is -2.38. The molecule has 1 aliphatic heterocycles. The number of benzene rings is 2. The molecule has 42 heavy (non-hydrogen) atoms. The van der Waals surface area contributed by atoms with Crippen LogP contribution in [0.1, 0.15) is 50.5 Å². The second-order valence-corrected chi connectivity index (χ2v) is 13.0. The van der Waals surface area contributed by atoms with Gasteiger partial charge >= 0.3 is 0 Å². The molecule has 6 rings (SSSR count). The van der Waals surface area contributed by atoms with Gasteiger partial charge in [0.2, 0.25) is 21.9 Å². The third kappa shape index (κ3) is 6.03. The Morgan fingerprint density at radius 1 is 0.952 bits per heavy atom. The second-order valence-electron chi connectivity index (χ2n) is 11.0. The molecule has 0 spiro atoms. The summed E-state index contributed by atoms with van der Waals surface area (Å²) in [6, 6.07) is 12.1. The molecule has 1 atom stereocenters. The summed E-state index contributed by atoms with van der Waals surface area (Å²) in [5, 5.41) is 7.26. The van der Waals surface area contributed by atoms with Crippen LogP contribution in [0.3, 0.4) is 0 Å². The number of aromatic nitrogens is 3. The monoisotopic (exact) mass is 590 g/mol. The van der Waals surface area contributed by atoms with Gasteiger partial charge in [-0.3, -0.25) is 4.72 Å². The van der Waals surface area contributed by atoms with Crippen LogP contribution in [0.2, 0.25) is 0 Å². The van der Waals surface area contributed by atoms with Crippen LogP contribution in [0, 0.1) is 12.7 Å². The molecule has 2 aliphatic rings. The molecule has 9 nitrogen and oxygen atoms in total. The van der Waals surface area contributed by atoms with Crippen molar-refractivity contribution in [1.29, 1.82) is 0 Å². The van der Waals surface area contributed by atoms with Crippen LogP contribution in [0.4, 0.5) is 16.0 Å². The molecule has 0 unspecified atom stereocenters. The highest BCUT2D eigenvalue weighted by Crippen LogP contribution is 2.40. The highest BCUT2D eigenvalue weighted by atomic mass is 32.2. The summed E-state index contributed by atoms with van der Waals surface area (Å²) in [7, 11) is -3.76. The summed E-state index contributed by atoms with van der Waals surface area (Å²) >= 11 is 0. The number of halogens is 1. The molecule has 1 aliphatic carbocycles. The Morgan fingerprint density at radius 2 is 1.79 bits per heavy atom. The van der Waals surface area contributed by atoms with Gasteiger partial charge < -0.3 is 15.4 Å². The van der Waals surface area contributed by atoms with Crippen molar-refractivity contribution in [3.05, 3.63) is 66.2 Å². The summed E-state index contributed by atoms with van der Waals surface area (Å²) < 4.78 is 50.6. The number of aryl methyl sites for hydroxylation is 1. The normalized spacial score (nSPS) is 18.1. The molecule has 2 fully saturated rings. The van der Waals surface area contributed by atoms with E-state index in [4.69, 9.17) is 9.72 Å². The summed E-state index contributed by atoms with van der Waals surface area (Å²) in [6.45, 7) is 3.76. The number of nitrogens with zero attached hydrogens (tertiary/aromatic N) is 3. The predicted octanol–water partition coefficient (Wildman–Crippen LogP) is 6.17. The number of anilines is 2. The molecule has 0 radical (unpaired) electrons. The van der Waals surface area contributed by atoms with Gasteiger partial charge in [-0.05, 0) is 75.0 Å². The average molecular weight is 591 g/mol. The molecular weight excluding hydrogens is 555 g/mol. The fraction of sp³-hybridized carbons (Fsp3) is 0.387. The van der Waals surface area contributed by atoms with Crippen LogP contribution in [0.5, 0.6) is 11.6 Å². The molecule has 0 amide bonds. The fourth-order valence-electron chi connectivity index (χ4n) is 5.80. The van der Waals surface area contributed by atoms with Crippen LogP contribution >= 0.6 is 0 Å². The molecule has 1 saturated heterocycles. The first kappa shape index (κ1) is 28.3. The van der Waals surface area contributed by atoms with Crippen molar-refractivity contribution in [2.75, 3.05) is 23.1 Å². The number of sulfonamides is 1. The smallest absolute Gasteiger partial charge is 0.235 e.